The smallest absolute Gasteiger partial charge is 0.343 e. The third-order valence-corrected chi connectivity index (χ3v) is 4.62. The van der Waals surface area contributed by atoms with Crippen LogP contribution in [0.4, 0.5) is 5.69 Å². The zero-order valence-electron chi connectivity index (χ0n) is 15.5. The minimum Gasteiger partial charge on any atom is -0.482 e. The summed E-state index contributed by atoms with van der Waals surface area (Å²) in [5.41, 5.74) is 1.42. The number of ether oxygens (including phenoxy) is 2. The number of aromatic nitrogens is 1. The monoisotopic (exact) mass is 434 g/mol. The molecule has 1 heterocycles. The van der Waals surface area contributed by atoms with Gasteiger partial charge >= 0.3 is 5.97 Å². The lowest BCUT2D eigenvalue weighted by Crippen LogP contribution is -2.14. The Hall–Kier alpha value is -3.03. The van der Waals surface area contributed by atoms with Crippen LogP contribution in [0.3, 0.4) is 0 Å². The van der Waals surface area contributed by atoms with Gasteiger partial charge in [0, 0.05) is 11.3 Å². The van der Waals surface area contributed by atoms with E-state index in [-0.39, 0.29) is 17.9 Å². The summed E-state index contributed by atoms with van der Waals surface area (Å²) in [6, 6.07) is 11.5. The van der Waals surface area contributed by atoms with E-state index in [2.05, 4.69) is 15.2 Å². The van der Waals surface area contributed by atoms with Gasteiger partial charge in [0.2, 0.25) is 0 Å². The molecule has 0 unspecified atom stereocenters. The van der Waals surface area contributed by atoms with Gasteiger partial charge in [-0.05, 0) is 43.3 Å². The van der Waals surface area contributed by atoms with Crippen molar-refractivity contribution >= 4 is 40.8 Å². The van der Waals surface area contributed by atoms with Crippen LogP contribution < -0.4 is 10.1 Å². The zero-order valence-corrected chi connectivity index (χ0v) is 17.0. The molecule has 0 aliphatic carbocycles. The van der Waals surface area contributed by atoms with Crippen molar-refractivity contribution in [1.29, 1.82) is 0 Å². The van der Waals surface area contributed by atoms with Gasteiger partial charge in [-0.2, -0.15) is 0 Å². The number of rotatable bonds is 6. The van der Waals surface area contributed by atoms with E-state index in [0.717, 1.165) is 0 Å². The normalized spacial score (nSPS) is 10.5. The Balaban J connectivity index is 1.80. The van der Waals surface area contributed by atoms with Crippen LogP contribution in [0.25, 0.3) is 11.3 Å². The van der Waals surface area contributed by atoms with Crippen LogP contribution in [0.5, 0.6) is 5.75 Å². The van der Waals surface area contributed by atoms with Crippen molar-refractivity contribution in [2.45, 2.75) is 6.92 Å². The molecule has 29 heavy (non-hydrogen) atoms. The SMILES string of the molecule is COC(=O)COc1ccc(NC(=O)c2c(-c3c(Cl)cccc3Cl)noc2C)cc1. The molecule has 0 saturated heterocycles. The van der Waals surface area contributed by atoms with Crippen LogP contribution in [0.15, 0.2) is 47.0 Å². The van der Waals surface area contributed by atoms with Crippen molar-refractivity contribution in [3.05, 3.63) is 63.8 Å². The van der Waals surface area contributed by atoms with Crippen LogP contribution in [0, 0.1) is 6.92 Å². The number of halogens is 2. The van der Waals surface area contributed by atoms with Gasteiger partial charge in [0.05, 0.1) is 17.2 Å². The van der Waals surface area contributed by atoms with Gasteiger partial charge in [-0.25, -0.2) is 4.79 Å². The molecule has 9 heteroatoms. The molecule has 3 aromatic rings. The summed E-state index contributed by atoms with van der Waals surface area (Å²) in [6.07, 6.45) is 0. The molecule has 0 atom stereocenters. The van der Waals surface area contributed by atoms with E-state index in [0.29, 0.717) is 32.8 Å². The summed E-state index contributed by atoms with van der Waals surface area (Å²) < 4.78 is 15.0. The lowest BCUT2D eigenvalue weighted by Gasteiger charge is -2.09. The molecule has 1 N–H and O–H groups in total. The van der Waals surface area contributed by atoms with E-state index in [1.165, 1.54) is 7.11 Å². The first-order valence-electron chi connectivity index (χ1n) is 8.42. The fraction of sp³-hybridized carbons (Fsp3) is 0.150. The molecule has 0 aliphatic heterocycles. The molecular formula is C20H16Cl2N2O5. The summed E-state index contributed by atoms with van der Waals surface area (Å²) >= 11 is 12.5. The number of nitrogens with zero attached hydrogens (tertiary/aromatic N) is 1. The van der Waals surface area contributed by atoms with E-state index in [1.807, 2.05) is 0 Å². The Bertz CT molecular complexity index is 1030. The van der Waals surface area contributed by atoms with Crippen LogP contribution in [0.2, 0.25) is 10.0 Å². The minimum absolute atomic E-state index is 0.204. The molecule has 0 radical (unpaired) electrons. The van der Waals surface area contributed by atoms with Gasteiger partial charge in [-0.15, -0.1) is 0 Å². The number of carbonyl (C=O) groups is 2. The predicted octanol–water partition coefficient (Wildman–Crippen LogP) is 4.76. The highest BCUT2D eigenvalue weighted by Gasteiger charge is 2.25. The number of nitrogens with one attached hydrogen (secondary N) is 1. The molecule has 0 spiro atoms. The van der Waals surface area contributed by atoms with E-state index >= 15 is 0 Å². The number of anilines is 1. The largest absolute Gasteiger partial charge is 0.482 e. The first kappa shape index (κ1) is 20.7. The van der Waals surface area contributed by atoms with Gasteiger partial charge in [0.1, 0.15) is 22.8 Å². The highest BCUT2D eigenvalue weighted by atomic mass is 35.5. The van der Waals surface area contributed by atoms with Crippen LogP contribution in [-0.2, 0) is 9.53 Å². The standard InChI is InChI=1S/C20H16Cl2N2O5/c1-11-17(19(24-29-11)18-14(21)4-3-5-15(18)22)20(26)23-12-6-8-13(9-7-12)28-10-16(25)27-2/h3-9H,10H2,1-2H3,(H,23,26). The molecule has 7 nitrogen and oxygen atoms in total. The Kier molecular flexibility index (Phi) is 6.41. The van der Waals surface area contributed by atoms with E-state index < -0.39 is 11.9 Å². The second-order valence-corrected chi connectivity index (χ2v) is 6.72. The van der Waals surface area contributed by atoms with Crippen molar-refractivity contribution < 1.29 is 23.6 Å². The highest BCUT2D eigenvalue weighted by Crippen LogP contribution is 2.37. The molecule has 0 aliphatic rings. The van der Waals surface area contributed by atoms with Crippen molar-refractivity contribution in [3.8, 4) is 17.0 Å². The zero-order chi connectivity index (χ0) is 21.0. The molecule has 2 aromatic carbocycles. The van der Waals surface area contributed by atoms with Gasteiger partial charge in [0.15, 0.2) is 6.61 Å². The number of amides is 1. The fourth-order valence-electron chi connectivity index (χ4n) is 2.56. The molecule has 3 rings (SSSR count). The third kappa shape index (κ3) is 4.70. The lowest BCUT2D eigenvalue weighted by molar-refractivity contribution is -0.142. The van der Waals surface area contributed by atoms with Gasteiger partial charge in [-0.1, -0.05) is 34.4 Å². The van der Waals surface area contributed by atoms with Crippen molar-refractivity contribution in [3.63, 3.8) is 0 Å². The molecule has 0 fully saturated rings. The molecule has 0 saturated carbocycles. The topological polar surface area (TPSA) is 90.7 Å². The van der Waals surface area contributed by atoms with Crippen LogP contribution in [0.1, 0.15) is 16.1 Å². The first-order valence-corrected chi connectivity index (χ1v) is 9.18. The van der Waals surface area contributed by atoms with Crippen molar-refractivity contribution in [1.82, 2.24) is 5.16 Å². The van der Waals surface area contributed by atoms with Crippen LogP contribution >= 0.6 is 23.2 Å². The van der Waals surface area contributed by atoms with E-state index in [1.54, 1.807) is 49.4 Å². The highest BCUT2D eigenvalue weighted by molar-refractivity contribution is 6.39. The summed E-state index contributed by atoms with van der Waals surface area (Å²) in [7, 11) is 1.28. The maximum absolute atomic E-state index is 12.9. The van der Waals surface area contributed by atoms with Gasteiger partial charge < -0.3 is 19.3 Å². The van der Waals surface area contributed by atoms with Gasteiger partial charge in [-0.3, -0.25) is 4.79 Å². The first-order chi connectivity index (χ1) is 13.9. The number of carbonyl (C=O) groups excluding carboxylic acids is 2. The third-order valence-electron chi connectivity index (χ3n) is 3.99. The molecule has 1 amide bonds. The average molecular weight is 435 g/mol. The number of benzene rings is 2. The summed E-state index contributed by atoms with van der Waals surface area (Å²) in [4.78, 5) is 24.0. The Morgan fingerprint density at radius 3 is 2.38 bits per heavy atom. The van der Waals surface area contributed by atoms with E-state index in [9.17, 15) is 9.59 Å². The average Bonchev–Trinajstić information content (AvgIpc) is 3.08. The minimum atomic E-state index is -0.490. The number of esters is 1. The Morgan fingerprint density at radius 1 is 1.10 bits per heavy atom. The molecule has 1 aromatic heterocycles. The maximum Gasteiger partial charge on any atom is 0.343 e. The quantitative estimate of drug-likeness (QED) is 0.562. The fourth-order valence-corrected chi connectivity index (χ4v) is 3.14. The van der Waals surface area contributed by atoms with Crippen molar-refractivity contribution in [2.75, 3.05) is 19.0 Å². The Labute approximate surface area is 176 Å². The molecule has 0 bridgehead atoms. The molecular weight excluding hydrogens is 419 g/mol. The maximum atomic E-state index is 12.9. The lowest BCUT2D eigenvalue weighted by atomic mass is 10.1. The van der Waals surface area contributed by atoms with Gasteiger partial charge in [0.25, 0.3) is 5.91 Å². The predicted molar refractivity (Wildman–Crippen MR) is 109 cm³/mol. The number of hydrogen-bond donors (Lipinski definition) is 1. The summed E-state index contributed by atoms with van der Waals surface area (Å²) in [6.45, 7) is 1.42. The second kappa shape index (κ2) is 8.98. The summed E-state index contributed by atoms with van der Waals surface area (Å²) in [5, 5.41) is 7.44. The van der Waals surface area contributed by atoms with E-state index in [4.69, 9.17) is 32.5 Å². The molecule has 150 valence electrons. The number of hydrogen-bond acceptors (Lipinski definition) is 6. The van der Waals surface area contributed by atoms with Crippen molar-refractivity contribution in [2.24, 2.45) is 0 Å². The number of methoxy groups -OCH3 is 1. The Morgan fingerprint density at radius 2 is 1.76 bits per heavy atom. The second-order valence-electron chi connectivity index (χ2n) is 5.90. The van der Waals surface area contributed by atoms with Crippen LogP contribution in [-0.4, -0.2) is 30.7 Å². The number of aryl methyl sites for hydroxylation is 1. The summed E-state index contributed by atoms with van der Waals surface area (Å²) in [5.74, 6) is -0.140.